The van der Waals surface area contributed by atoms with Crippen molar-refractivity contribution >= 4 is 17.5 Å². The molecule has 0 aliphatic carbocycles. The molecule has 1 unspecified atom stereocenters. The molecule has 22 heavy (non-hydrogen) atoms. The Balaban J connectivity index is 2.37. The van der Waals surface area contributed by atoms with Crippen LogP contribution in [-0.4, -0.2) is 30.3 Å². The van der Waals surface area contributed by atoms with Gasteiger partial charge in [0.1, 0.15) is 5.75 Å². The van der Waals surface area contributed by atoms with Crippen LogP contribution in [0.4, 0.5) is 0 Å². The van der Waals surface area contributed by atoms with Gasteiger partial charge in [-0.3, -0.25) is 4.79 Å². The molecular weight excluding hydrogens is 302 g/mol. The standard InChI is InChI=1S/C17H26ClNO3/c1-12-10-14(6-7-15(12)18)22-13(2)16(21)19-9-5-8-17(3,4)11-20/h6-7,10,13,20H,5,8-9,11H2,1-4H3,(H,19,21). The van der Waals surface area contributed by atoms with Crippen LogP contribution in [-0.2, 0) is 4.79 Å². The molecule has 1 aromatic carbocycles. The molecule has 0 bridgehead atoms. The zero-order valence-corrected chi connectivity index (χ0v) is 14.5. The molecule has 0 aliphatic heterocycles. The first-order valence-electron chi connectivity index (χ1n) is 7.56. The summed E-state index contributed by atoms with van der Waals surface area (Å²) in [6.45, 7) is 8.35. The fourth-order valence-corrected chi connectivity index (χ4v) is 2.07. The lowest BCUT2D eigenvalue weighted by Crippen LogP contribution is -2.37. The third-order valence-electron chi connectivity index (χ3n) is 3.57. The Kier molecular flexibility index (Phi) is 7.17. The van der Waals surface area contributed by atoms with Crippen LogP contribution in [0.1, 0.15) is 39.2 Å². The largest absolute Gasteiger partial charge is 0.481 e. The second-order valence-electron chi connectivity index (χ2n) is 6.39. The Morgan fingerprint density at radius 3 is 2.73 bits per heavy atom. The summed E-state index contributed by atoms with van der Waals surface area (Å²) >= 11 is 5.96. The molecule has 0 aromatic heterocycles. The molecule has 0 saturated heterocycles. The Hall–Kier alpha value is -1.26. The lowest BCUT2D eigenvalue weighted by atomic mass is 9.89. The molecule has 5 heteroatoms. The summed E-state index contributed by atoms with van der Waals surface area (Å²) < 4.78 is 5.62. The van der Waals surface area contributed by atoms with Crippen molar-refractivity contribution in [2.45, 2.75) is 46.6 Å². The normalized spacial score (nSPS) is 12.8. The molecule has 0 fully saturated rings. The Labute approximate surface area is 137 Å². The summed E-state index contributed by atoms with van der Waals surface area (Å²) in [5, 5.41) is 12.7. The number of nitrogens with one attached hydrogen (secondary N) is 1. The molecule has 124 valence electrons. The van der Waals surface area contributed by atoms with Crippen LogP contribution in [0, 0.1) is 12.3 Å². The Morgan fingerprint density at radius 1 is 1.45 bits per heavy atom. The molecule has 1 amide bonds. The first-order chi connectivity index (χ1) is 10.2. The predicted molar refractivity (Wildman–Crippen MR) is 89.4 cm³/mol. The van der Waals surface area contributed by atoms with Crippen LogP contribution in [0.25, 0.3) is 0 Å². The third kappa shape index (κ3) is 6.24. The average Bonchev–Trinajstić information content (AvgIpc) is 2.47. The maximum atomic E-state index is 12.0. The second-order valence-corrected chi connectivity index (χ2v) is 6.80. The van der Waals surface area contributed by atoms with Gasteiger partial charge in [-0.1, -0.05) is 25.4 Å². The molecule has 0 heterocycles. The maximum Gasteiger partial charge on any atom is 0.260 e. The minimum absolute atomic E-state index is 0.103. The van der Waals surface area contributed by atoms with E-state index in [2.05, 4.69) is 5.32 Å². The van der Waals surface area contributed by atoms with Crippen LogP contribution in [0.3, 0.4) is 0 Å². The van der Waals surface area contributed by atoms with E-state index in [0.717, 1.165) is 18.4 Å². The fourth-order valence-electron chi connectivity index (χ4n) is 1.95. The number of aryl methyl sites for hydroxylation is 1. The average molecular weight is 328 g/mol. The number of aliphatic hydroxyl groups excluding tert-OH is 1. The van der Waals surface area contributed by atoms with Gasteiger partial charge in [0.2, 0.25) is 0 Å². The first-order valence-corrected chi connectivity index (χ1v) is 7.94. The second kappa shape index (κ2) is 8.39. The van der Waals surface area contributed by atoms with Gasteiger partial charge < -0.3 is 15.2 Å². The van der Waals surface area contributed by atoms with Crippen LogP contribution in [0.2, 0.25) is 5.02 Å². The van der Waals surface area contributed by atoms with E-state index in [1.165, 1.54) is 0 Å². The lowest BCUT2D eigenvalue weighted by molar-refractivity contribution is -0.127. The SMILES string of the molecule is Cc1cc(OC(C)C(=O)NCCCC(C)(C)CO)ccc1Cl. The number of rotatable bonds is 8. The molecule has 0 spiro atoms. The number of carbonyl (C=O) groups excluding carboxylic acids is 1. The molecule has 4 nitrogen and oxygen atoms in total. The number of hydrogen-bond acceptors (Lipinski definition) is 3. The highest BCUT2D eigenvalue weighted by Crippen LogP contribution is 2.22. The van der Waals surface area contributed by atoms with Crippen LogP contribution < -0.4 is 10.1 Å². The van der Waals surface area contributed by atoms with Crippen molar-refractivity contribution in [1.29, 1.82) is 0 Å². The van der Waals surface area contributed by atoms with Gasteiger partial charge in [-0.2, -0.15) is 0 Å². The number of halogens is 1. The zero-order valence-electron chi connectivity index (χ0n) is 13.8. The van der Waals surface area contributed by atoms with E-state index in [9.17, 15) is 9.90 Å². The molecule has 0 saturated carbocycles. The van der Waals surface area contributed by atoms with E-state index in [0.29, 0.717) is 17.3 Å². The number of aliphatic hydroxyl groups is 1. The summed E-state index contributed by atoms with van der Waals surface area (Å²) in [6.07, 6.45) is 1.12. The van der Waals surface area contributed by atoms with Gasteiger partial charge in [-0.15, -0.1) is 0 Å². The highest BCUT2D eigenvalue weighted by atomic mass is 35.5. The van der Waals surface area contributed by atoms with Gasteiger partial charge >= 0.3 is 0 Å². The molecule has 1 aromatic rings. The third-order valence-corrected chi connectivity index (χ3v) is 3.99. The topological polar surface area (TPSA) is 58.6 Å². The quantitative estimate of drug-likeness (QED) is 0.720. The number of amides is 1. The smallest absolute Gasteiger partial charge is 0.260 e. The van der Waals surface area contributed by atoms with Gasteiger partial charge in [0, 0.05) is 18.2 Å². The first kappa shape index (κ1) is 18.8. The van der Waals surface area contributed by atoms with E-state index in [1.54, 1.807) is 19.1 Å². The van der Waals surface area contributed by atoms with E-state index in [-0.39, 0.29) is 17.9 Å². The van der Waals surface area contributed by atoms with Crippen molar-refractivity contribution in [3.63, 3.8) is 0 Å². The summed E-state index contributed by atoms with van der Waals surface area (Å²) in [5.74, 6) is 0.486. The van der Waals surface area contributed by atoms with E-state index < -0.39 is 6.10 Å². The molecule has 0 aliphatic rings. The maximum absolute atomic E-state index is 12.0. The van der Waals surface area contributed by atoms with Crippen molar-refractivity contribution < 1.29 is 14.6 Å². The number of carbonyl (C=O) groups is 1. The van der Waals surface area contributed by atoms with Crippen LogP contribution in [0.5, 0.6) is 5.75 Å². The highest BCUT2D eigenvalue weighted by molar-refractivity contribution is 6.31. The van der Waals surface area contributed by atoms with Crippen LogP contribution >= 0.6 is 11.6 Å². The Morgan fingerprint density at radius 2 is 2.14 bits per heavy atom. The van der Waals surface area contributed by atoms with Crippen molar-refractivity contribution in [3.05, 3.63) is 28.8 Å². The minimum Gasteiger partial charge on any atom is -0.481 e. The van der Waals surface area contributed by atoms with E-state index >= 15 is 0 Å². The monoisotopic (exact) mass is 327 g/mol. The van der Waals surface area contributed by atoms with Crippen molar-refractivity contribution in [2.24, 2.45) is 5.41 Å². The van der Waals surface area contributed by atoms with Crippen molar-refractivity contribution in [2.75, 3.05) is 13.2 Å². The molecule has 1 atom stereocenters. The van der Waals surface area contributed by atoms with Gasteiger partial charge in [0.05, 0.1) is 0 Å². The number of hydrogen-bond donors (Lipinski definition) is 2. The number of benzene rings is 1. The fraction of sp³-hybridized carbons (Fsp3) is 0.588. The van der Waals surface area contributed by atoms with Gasteiger partial charge in [-0.05, 0) is 55.9 Å². The highest BCUT2D eigenvalue weighted by Gasteiger charge is 2.17. The molecule has 0 radical (unpaired) electrons. The van der Waals surface area contributed by atoms with E-state index in [1.807, 2.05) is 26.8 Å². The zero-order chi connectivity index (χ0) is 16.8. The van der Waals surface area contributed by atoms with Crippen molar-refractivity contribution in [1.82, 2.24) is 5.32 Å². The summed E-state index contributed by atoms with van der Waals surface area (Å²) in [5.41, 5.74) is 0.811. The van der Waals surface area contributed by atoms with Gasteiger partial charge in [0.15, 0.2) is 6.10 Å². The summed E-state index contributed by atoms with van der Waals surface area (Å²) in [7, 11) is 0. The van der Waals surface area contributed by atoms with Gasteiger partial charge in [-0.25, -0.2) is 0 Å². The van der Waals surface area contributed by atoms with E-state index in [4.69, 9.17) is 16.3 Å². The summed E-state index contributed by atoms with van der Waals surface area (Å²) in [6, 6.07) is 5.33. The minimum atomic E-state index is -0.563. The summed E-state index contributed by atoms with van der Waals surface area (Å²) in [4.78, 5) is 12.0. The Bertz CT molecular complexity index is 503. The van der Waals surface area contributed by atoms with Crippen molar-refractivity contribution in [3.8, 4) is 5.75 Å². The molecular formula is C17H26ClNO3. The molecule has 2 N–H and O–H groups in total. The van der Waals surface area contributed by atoms with Gasteiger partial charge in [0.25, 0.3) is 5.91 Å². The predicted octanol–water partition coefficient (Wildman–Crippen LogP) is 3.33. The lowest BCUT2D eigenvalue weighted by Gasteiger charge is -2.21. The number of ether oxygens (including phenoxy) is 1. The van der Waals surface area contributed by atoms with Crippen LogP contribution in [0.15, 0.2) is 18.2 Å². The molecule has 1 rings (SSSR count).